The van der Waals surface area contributed by atoms with Crippen molar-refractivity contribution in [2.24, 2.45) is 0 Å². The van der Waals surface area contributed by atoms with Crippen molar-refractivity contribution in [1.29, 1.82) is 0 Å². The smallest absolute Gasteiger partial charge is 0.225 e. The fraction of sp³-hybridized carbons (Fsp3) is 0.231. The van der Waals surface area contributed by atoms with E-state index in [0.29, 0.717) is 33.5 Å². The SMILES string of the molecule is CNc1nc(Cl)c(SC)c(NCc2ccc(Cl)c(Cl)c2)n1. The first-order valence-corrected chi connectivity index (χ1v) is 8.38. The van der Waals surface area contributed by atoms with Crippen LogP contribution in [0, 0.1) is 0 Å². The summed E-state index contributed by atoms with van der Waals surface area (Å²) < 4.78 is 0. The summed E-state index contributed by atoms with van der Waals surface area (Å²) in [6.45, 7) is 0.556. The van der Waals surface area contributed by atoms with Crippen LogP contribution in [0.1, 0.15) is 5.56 Å². The summed E-state index contributed by atoms with van der Waals surface area (Å²) in [5, 5.41) is 7.60. The van der Waals surface area contributed by atoms with Gasteiger partial charge in [0.1, 0.15) is 11.0 Å². The zero-order valence-electron chi connectivity index (χ0n) is 11.4. The normalized spacial score (nSPS) is 10.5. The fourth-order valence-electron chi connectivity index (χ4n) is 1.67. The zero-order valence-corrected chi connectivity index (χ0v) is 14.5. The van der Waals surface area contributed by atoms with Gasteiger partial charge in [-0.2, -0.15) is 9.97 Å². The summed E-state index contributed by atoms with van der Waals surface area (Å²) in [6, 6.07) is 5.49. The number of anilines is 2. The van der Waals surface area contributed by atoms with Gasteiger partial charge in [0.25, 0.3) is 0 Å². The lowest BCUT2D eigenvalue weighted by Gasteiger charge is -2.12. The summed E-state index contributed by atoms with van der Waals surface area (Å²) in [6.07, 6.45) is 1.92. The first kappa shape index (κ1) is 16.5. The van der Waals surface area contributed by atoms with Crippen molar-refractivity contribution in [2.45, 2.75) is 11.4 Å². The maximum Gasteiger partial charge on any atom is 0.225 e. The number of halogens is 3. The van der Waals surface area contributed by atoms with Crippen molar-refractivity contribution in [1.82, 2.24) is 9.97 Å². The maximum absolute atomic E-state index is 6.15. The van der Waals surface area contributed by atoms with Crippen LogP contribution >= 0.6 is 46.6 Å². The summed E-state index contributed by atoms with van der Waals surface area (Å²) in [5.74, 6) is 1.15. The van der Waals surface area contributed by atoms with E-state index < -0.39 is 0 Å². The van der Waals surface area contributed by atoms with E-state index in [0.717, 1.165) is 10.5 Å². The molecule has 0 amide bonds. The van der Waals surface area contributed by atoms with Crippen LogP contribution in [0.25, 0.3) is 0 Å². The minimum absolute atomic E-state index is 0.415. The molecule has 112 valence electrons. The molecule has 0 saturated carbocycles. The standard InChI is InChI=1S/C13H13Cl3N4S/c1-17-13-19-11(16)10(21-2)12(20-13)18-6-7-3-4-8(14)9(15)5-7/h3-5H,6H2,1-2H3,(H2,17,18,19,20). The Morgan fingerprint density at radius 1 is 1.14 bits per heavy atom. The van der Waals surface area contributed by atoms with Crippen LogP contribution in [-0.2, 0) is 6.54 Å². The average molecular weight is 364 g/mol. The molecule has 1 heterocycles. The van der Waals surface area contributed by atoms with Crippen molar-refractivity contribution in [3.63, 3.8) is 0 Å². The van der Waals surface area contributed by atoms with Gasteiger partial charge < -0.3 is 10.6 Å². The van der Waals surface area contributed by atoms with Crippen LogP contribution in [-0.4, -0.2) is 23.3 Å². The molecule has 2 N–H and O–H groups in total. The summed E-state index contributed by atoms with van der Waals surface area (Å²) in [4.78, 5) is 9.33. The summed E-state index contributed by atoms with van der Waals surface area (Å²) in [5.41, 5.74) is 0.997. The van der Waals surface area contributed by atoms with E-state index in [1.54, 1.807) is 13.1 Å². The molecule has 1 aromatic carbocycles. The quantitative estimate of drug-likeness (QED) is 0.589. The number of nitrogens with zero attached hydrogens (tertiary/aromatic N) is 2. The average Bonchev–Trinajstić information content (AvgIpc) is 2.48. The Morgan fingerprint density at radius 2 is 1.90 bits per heavy atom. The maximum atomic E-state index is 6.15. The molecular formula is C13H13Cl3N4S. The third kappa shape index (κ3) is 4.07. The van der Waals surface area contributed by atoms with Crippen LogP contribution in [0.3, 0.4) is 0 Å². The molecule has 0 radical (unpaired) electrons. The number of rotatable bonds is 5. The van der Waals surface area contributed by atoms with Crippen molar-refractivity contribution in [3.8, 4) is 0 Å². The second-order valence-electron chi connectivity index (χ2n) is 4.07. The Labute approximate surface area is 142 Å². The molecule has 2 rings (SSSR count). The lowest BCUT2D eigenvalue weighted by atomic mass is 10.2. The van der Waals surface area contributed by atoms with Gasteiger partial charge in [-0.1, -0.05) is 40.9 Å². The highest BCUT2D eigenvalue weighted by Gasteiger charge is 2.12. The van der Waals surface area contributed by atoms with Crippen LogP contribution in [0.4, 0.5) is 11.8 Å². The second kappa shape index (κ2) is 7.40. The lowest BCUT2D eigenvalue weighted by molar-refractivity contribution is 1.04. The number of hydrogen-bond donors (Lipinski definition) is 2. The molecule has 0 aliphatic rings. The molecule has 0 unspecified atom stereocenters. The Bertz CT molecular complexity index is 652. The molecule has 0 atom stereocenters. The topological polar surface area (TPSA) is 49.8 Å². The highest BCUT2D eigenvalue weighted by atomic mass is 35.5. The van der Waals surface area contributed by atoms with E-state index in [1.807, 2.05) is 18.4 Å². The Balaban J connectivity index is 2.22. The Kier molecular flexibility index (Phi) is 5.81. The molecule has 0 aliphatic carbocycles. The number of thioether (sulfide) groups is 1. The molecule has 0 bridgehead atoms. The molecule has 8 heteroatoms. The third-order valence-corrected chi connectivity index (χ3v) is 4.62. The summed E-state index contributed by atoms with van der Waals surface area (Å²) >= 11 is 19.5. The Morgan fingerprint density at radius 3 is 2.52 bits per heavy atom. The van der Waals surface area contributed by atoms with Gasteiger partial charge in [0, 0.05) is 13.6 Å². The number of benzene rings is 1. The third-order valence-electron chi connectivity index (χ3n) is 2.70. The molecule has 2 aromatic rings. The van der Waals surface area contributed by atoms with E-state index in [9.17, 15) is 0 Å². The van der Waals surface area contributed by atoms with Gasteiger partial charge in [-0.05, 0) is 24.0 Å². The zero-order chi connectivity index (χ0) is 15.4. The highest BCUT2D eigenvalue weighted by molar-refractivity contribution is 7.98. The Hall–Kier alpha value is -0.880. The number of aromatic nitrogens is 2. The minimum Gasteiger partial charge on any atom is -0.365 e. The number of nitrogens with one attached hydrogen (secondary N) is 2. The summed E-state index contributed by atoms with van der Waals surface area (Å²) in [7, 11) is 1.74. The van der Waals surface area contributed by atoms with Crippen LogP contribution < -0.4 is 10.6 Å². The second-order valence-corrected chi connectivity index (χ2v) is 6.06. The van der Waals surface area contributed by atoms with Crippen LogP contribution in [0.15, 0.2) is 23.1 Å². The van der Waals surface area contributed by atoms with Gasteiger partial charge in [0.2, 0.25) is 5.95 Å². The van der Waals surface area contributed by atoms with Crippen LogP contribution in [0.5, 0.6) is 0 Å². The largest absolute Gasteiger partial charge is 0.365 e. The van der Waals surface area contributed by atoms with E-state index in [-0.39, 0.29) is 0 Å². The number of hydrogen-bond acceptors (Lipinski definition) is 5. The first-order valence-electron chi connectivity index (χ1n) is 6.02. The molecule has 0 spiro atoms. The van der Waals surface area contributed by atoms with E-state index >= 15 is 0 Å². The molecule has 0 fully saturated rings. The van der Waals surface area contributed by atoms with Gasteiger partial charge in [-0.15, -0.1) is 11.8 Å². The highest BCUT2D eigenvalue weighted by Crippen LogP contribution is 2.31. The van der Waals surface area contributed by atoms with Gasteiger partial charge in [0.05, 0.1) is 14.9 Å². The van der Waals surface area contributed by atoms with Gasteiger partial charge >= 0.3 is 0 Å². The van der Waals surface area contributed by atoms with Crippen molar-refractivity contribution in [2.75, 3.05) is 23.9 Å². The van der Waals surface area contributed by atoms with Crippen molar-refractivity contribution >= 4 is 58.3 Å². The molecule has 0 saturated heterocycles. The van der Waals surface area contributed by atoms with E-state index in [2.05, 4.69) is 20.6 Å². The first-order chi connectivity index (χ1) is 10.0. The minimum atomic E-state index is 0.415. The lowest BCUT2D eigenvalue weighted by Crippen LogP contribution is -2.06. The fourth-order valence-corrected chi connectivity index (χ4v) is 2.92. The van der Waals surface area contributed by atoms with Crippen molar-refractivity contribution in [3.05, 3.63) is 39.0 Å². The van der Waals surface area contributed by atoms with Gasteiger partial charge in [0.15, 0.2) is 0 Å². The van der Waals surface area contributed by atoms with E-state index in [1.165, 1.54) is 11.8 Å². The van der Waals surface area contributed by atoms with E-state index in [4.69, 9.17) is 34.8 Å². The van der Waals surface area contributed by atoms with Gasteiger partial charge in [-0.25, -0.2) is 0 Å². The molecule has 0 aliphatic heterocycles. The van der Waals surface area contributed by atoms with Crippen molar-refractivity contribution < 1.29 is 0 Å². The molecular weight excluding hydrogens is 351 g/mol. The monoisotopic (exact) mass is 362 g/mol. The van der Waals surface area contributed by atoms with Gasteiger partial charge in [-0.3, -0.25) is 0 Å². The molecule has 1 aromatic heterocycles. The predicted octanol–water partition coefficient (Wildman–Crippen LogP) is 4.81. The predicted molar refractivity (Wildman–Crippen MR) is 92.2 cm³/mol. The molecule has 4 nitrogen and oxygen atoms in total. The molecule has 21 heavy (non-hydrogen) atoms. The van der Waals surface area contributed by atoms with Crippen LogP contribution in [0.2, 0.25) is 15.2 Å².